The molecule has 0 aliphatic rings. The number of aliphatic hydroxyl groups is 1. The van der Waals surface area contributed by atoms with Crippen molar-refractivity contribution in [2.24, 2.45) is 0 Å². The fourth-order valence-electron chi connectivity index (χ4n) is 1.62. The molecule has 0 fully saturated rings. The molecule has 0 radical (unpaired) electrons. The zero-order valence-corrected chi connectivity index (χ0v) is 11.2. The number of ether oxygens (including phenoxy) is 1. The molecule has 2 N–H and O–H groups in total. The van der Waals surface area contributed by atoms with Crippen LogP contribution in [0, 0.1) is 6.92 Å². The third kappa shape index (κ3) is 3.49. The van der Waals surface area contributed by atoms with Gasteiger partial charge in [0.05, 0.1) is 13.2 Å². The molecule has 2 heterocycles. The highest BCUT2D eigenvalue weighted by molar-refractivity contribution is 5.90. The Bertz CT molecular complexity index is 583. The van der Waals surface area contributed by atoms with E-state index in [1.807, 2.05) is 6.92 Å². The van der Waals surface area contributed by atoms with Gasteiger partial charge in [-0.3, -0.25) is 4.79 Å². The van der Waals surface area contributed by atoms with Crippen molar-refractivity contribution in [3.63, 3.8) is 0 Å². The highest BCUT2D eigenvalue weighted by Crippen LogP contribution is 2.01. The van der Waals surface area contributed by atoms with Gasteiger partial charge in [0, 0.05) is 25.0 Å². The first kappa shape index (κ1) is 14.4. The minimum atomic E-state index is -0.336. The number of rotatable bonds is 7. The maximum Gasteiger partial charge on any atom is 0.291 e. The molecule has 2 aromatic heterocycles. The third-order valence-electron chi connectivity index (χ3n) is 2.62. The first-order valence-electron chi connectivity index (χ1n) is 6.37. The molecule has 108 valence electrons. The summed E-state index contributed by atoms with van der Waals surface area (Å²) in [6, 6.07) is 1.79. The van der Waals surface area contributed by atoms with Gasteiger partial charge in [-0.15, -0.1) is 5.10 Å². The summed E-state index contributed by atoms with van der Waals surface area (Å²) in [5.41, 5.74) is 0.860. The van der Waals surface area contributed by atoms with E-state index in [0.717, 1.165) is 5.69 Å². The summed E-state index contributed by atoms with van der Waals surface area (Å²) in [6.45, 7) is 3.13. The lowest BCUT2D eigenvalue weighted by molar-refractivity contribution is 0.0863. The maximum absolute atomic E-state index is 11.9. The summed E-state index contributed by atoms with van der Waals surface area (Å²) in [4.78, 5) is 20.0. The topological polar surface area (TPSA) is 102 Å². The van der Waals surface area contributed by atoms with E-state index in [2.05, 4.69) is 20.4 Å². The molecule has 2 aromatic rings. The fraction of sp³-hybridized carbons (Fsp3) is 0.500. The molecule has 20 heavy (non-hydrogen) atoms. The lowest BCUT2D eigenvalue weighted by Gasteiger charge is -2.03. The van der Waals surface area contributed by atoms with Gasteiger partial charge >= 0.3 is 0 Å². The summed E-state index contributed by atoms with van der Waals surface area (Å²) >= 11 is 0. The van der Waals surface area contributed by atoms with Crippen molar-refractivity contribution in [3.05, 3.63) is 23.8 Å². The van der Waals surface area contributed by atoms with Crippen LogP contribution in [0.5, 0.6) is 0 Å². The van der Waals surface area contributed by atoms with E-state index in [0.29, 0.717) is 32.0 Å². The van der Waals surface area contributed by atoms with Gasteiger partial charge in [0.15, 0.2) is 0 Å². The Morgan fingerprint density at radius 1 is 1.50 bits per heavy atom. The Morgan fingerprint density at radius 3 is 3.10 bits per heavy atom. The van der Waals surface area contributed by atoms with Crippen molar-refractivity contribution in [3.8, 4) is 0 Å². The number of carbonyl (C=O) groups excluding carboxylic acids is 1. The van der Waals surface area contributed by atoms with Crippen LogP contribution < -0.4 is 5.32 Å². The van der Waals surface area contributed by atoms with Gasteiger partial charge in [-0.25, -0.2) is 9.50 Å². The van der Waals surface area contributed by atoms with E-state index >= 15 is 0 Å². The van der Waals surface area contributed by atoms with Crippen LogP contribution >= 0.6 is 0 Å². The normalized spacial score (nSPS) is 10.9. The zero-order chi connectivity index (χ0) is 14.4. The fourth-order valence-corrected chi connectivity index (χ4v) is 1.62. The highest BCUT2D eigenvalue weighted by Gasteiger charge is 2.13. The first-order valence-corrected chi connectivity index (χ1v) is 6.37. The first-order chi connectivity index (χ1) is 9.72. The van der Waals surface area contributed by atoms with Crippen LogP contribution in [-0.4, -0.2) is 57.0 Å². The van der Waals surface area contributed by atoms with Crippen molar-refractivity contribution < 1.29 is 14.6 Å². The average Bonchev–Trinajstić information content (AvgIpc) is 2.88. The smallest absolute Gasteiger partial charge is 0.291 e. The quantitative estimate of drug-likeness (QED) is 0.666. The Kier molecular flexibility index (Phi) is 4.97. The van der Waals surface area contributed by atoms with E-state index in [4.69, 9.17) is 9.84 Å². The summed E-state index contributed by atoms with van der Waals surface area (Å²) in [7, 11) is 0. The van der Waals surface area contributed by atoms with Gasteiger partial charge < -0.3 is 15.2 Å². The van der Waals surface area contributed by atoms with E-state index in [9.17, 15) is 4.79 Å². The van der Waals surface area contributed by atoms with Crippen molar-refractivity contribution >= 4 is 11.7 Å². The zero-order valence-electron chi connectivity index (χ0n) is 11.2. The van der Waals surface area contributed by atoms with Crippen LogP contribution in [-0.2, 0) is 4.74 Å². The van der Waals surface area contributed by atoms with Crippen LogP contribution in [0.25, 0.3) is 5.78 Å². The van der Waals surface area contributed by atoms with Crippen LogP contribution in [0.15, 0.2) is 12.3 Å². The van der Waals surface area contributed by atoms with Gasteiger partial charge in [0.1, 0.15) is 0 Å². The average molecular weight is 279 g/mol. The second kappa shape index (κ2) is 6.92. The number of hydrogen-bond acceptors (Lipinski definition) is 6. The minimum absolute atomic E-state index is 0.00385. The van der Waals surface area contributed by atoms with Crippen LogP contribution in [0.3, 0.4) is 0 Å². The molecule has 0 spiro atoms. The molecule has 2 rings (SSSR count). The van der Waals surface area contributed by atoms with Gasteiger partial charge in [0.25, 0.3) is 11.7 Å². The number of nitrogens with zero attached hydrogens (tertiary/aromatic N) is 4. The highest BCUT2D eigenvalue weighted by atomic mass is 16.5. The molecule has 0 unspecified atom stereocenters. The monoisotopic (exact) mass is 279 g/mol. The largest absolute Gasteiger partial charge is 0.394 e. The Hall–Kier alpha value is -2.06. The molecule has 0 aliphatic carbocycles. The Labute approximate surface area is 115 Å². The third-order valence-corrected chi connectivity index (χ3v) is 2.62. The molecule has 8 heteroatoms. The molecule has 0 saturated carbocycles. The molecule has 0 bridgehead atoms. The van der Waals surface area contributed by atoms with Crippen LogP contribution in [0.1, 0.15) is 22.7 Å². The number of nitrogens with one attached hydrogen (secondary N) is 1. The maximum atomic E-state index is 11.9. The molecule has 0 aromatic carbocycles. The van der Waals surface area contributed by atoms with Crippen molar-refractivity contribution in [1.82, 2.24) is 24.9 Å². The van der Waals surface area contributed by atoms with Gasteiger partial charge in [-0.1, -0.05) is 0 Å². The van der Waals surface area contributed by atoms with Crippen molar-refractivity contribution in [1.29, 1.82) is 0 Å². The van der Waals surface area contributed by atoms with E-state index < -0.39 is 0 Å². The summed E-state index contributed by atoms with van der Waals surface area (Å²) < 4.78 is 6.61. The molecule has 1 amide bonds. The number of fused-ring (bicyclic) bond motifs is 1. The van der Waals surface area contributed by atoms with Gasteiger partial charge in [0.2, 0.25) is 5.82 Å². The molecule has 0 atom stereocenters. The summed E-state index contributed by atoms with van der Waals surface area (Å²) in [6.07, 6.45) is 2.29. The molecular weight excluding hydrogens is 262 g/mol. The van der Waals surface area contributed by atoms with Gasteiger partial charge in [-0.2, -0.15) is 4.98 Å². The SMILES string of the molecule is Cc1ccnc2nc(C(=O)NCCCOCCO)nn12. The number of hydrogen-bond donors (Lipinski definition) is 2. The summed E-state index contributed by atoms with van der Waals surface area (Å²) in [5, 5.41) is 15.3. The second-order valence-corrected chi connectivity index (χ2v) is 4.18. The van der Waals surface area contributed by atoms with Crippen molar-refractivity contribution in [2.45, 2.75) is 13.3 Å². The molecular formula is C12H17N5O3. The van der Waals surface area contributed by atoms with Gasteiger partial charge in [-0.05, 0) is 19.4 Å². The molecule has 8 nitrogen and oxygen atoms in total. The lowest BCUT2D eigenvalue weighted by atomic mass is 10.4. The Balaban J connectivity index is 1.86. The van der Waals surface area contributed by atoms with E-state index in [1.165, 1.54) is 4.52 Å². The number of carbonyl (C=O) groups is 1. The van der Waals surface area contributed by atoms with Crippen LogP contribution in [0.4, 0.5) is 0 Å². The number of aryl methyl sites for hydroxylation is 1. The lowest BCUT2D eigenvalue weighted by Crippen LogP contribution is -2.26. The number of aliphatic hydroxyl groups excluding tert-OH is 1. The summed E-state index contributed by atoms with van der Waals surface area (Å²) in [5.74, 6) is 0.168. The minimum Gasteiger partial charge on any atom is -0.394 e. The second-order valence-electron chi connectivity index (χ2n) is 4.18. The number of amides is 1. The molecule has 0 aliphatic heterocycles. The standard InChI is InChI=1S/C12H17N5O3/c1-9-3-5-14-12-15-10(16-17(9)12)11(19)13-4-2-7-20-8-6-18/h3,5,18H,2,4,6-8H2,1H3,(H,13,19). The van der Waals surface area contributed by atoms with Crippen LogP contribution in [0.2, 0.25) is 0 Å². The van der Waals surface area contributed by atoms with Crippen molar-refractivity contribution in [2.75, 3.05) is 26.4 Å². The van der Waals surface area contributed by atoms with E-state index in [1.54, 1.807) is 12.3 Å². The number of aromatic nitrogens is 4. The molecule has 0 saturated heterocycles. The Morgan fingerprint density at radius 2 is 2.35 bits per heavy atom. The predicted molar refractivity (Wildman–Crippen MR) is 70.4 cm³/mol. The van der Waals surface area contributed by atoms with E-state index in [-0.39, 0.29) is 18.3 Å². The predicted octanol–water partition coefficient (Wildman–Crippen LogP) is -0.438.